The van der Waals surface area contributed by atoms with E-state index in [1.165, 1.54) is 264 Å². The molecule has 0 fully saturated rings. The number of aryl methyl sites for hydroxylation is 2. The van der Waals surface area contributed by atoms with Crippen LogP contribution in [-0.4, -0.2) is 8.75 Å². The molecule has 476 valence electrons. The second-order valence-electron chi connectivity index (χ2n) is 28.4. The molecule has 2 aliphatic carbocycles. The molecule has 0 atom stereocenters. The zero-order valence-corrected chi connectivity index (χ0v) is 58.0. The van der Waals surface area contributed by atoms with Crippen molar-refractivity contribution in [3.8, 4) is 44.5 Å². The van der Waals surface area contributed by atoms with E-state index in [1.54, 1.807) is 16.7 Å². The lowest BCUT2D eigenvalue weighted by atomic mass is 9.68. The van der Waals surface area contributed by atoms with Gasteiger partial charge in [0.05, 0.1) is 11.7 Å². The van der Waals surface area contributed by atoms with E-state index < -0.39 is 0 Å². The first-order chi connectivity index (χ1) is 44.5. The van der Waals surface area contributed by atoms with Crippen molar-refractivity contribution in [1.29, 1.82) is 0 Å². The van der Waals surface area contributed by atoms with Crippen LogP contribution in [0.25, 0.3) is 55.5 Å². The SMILES string of the molecule is CCCCCCCCC1(CCCCCCCC)c2cc(C)ccc2-c2ccc(-c3ccc(C(C)(C)c4ccc5c(c4)C(CCCCCCCC)(CCCCCCCC)c4cc(-c6ccc(N(c7ccccc7)c7ccc(C)cc7)cc6)ccc4-5)c4nsnc34)cc21. The topological polar surface area (TPSA) is 29.0 Å². The number of fused-ring (bicyclic) bond motifs is 7. The molecule has 0 saturated heterocycles. The summed E-state index contributed by atoms with van der Waals surface area (Å²) < 4.78 is 10.5. The van der Waals surface area contributed by atoms with Crippen LogP contribution >= 0.6 is 11.7 Å². The van der Waals surface area contributed by atoms with E-state index in [0.717, 1.165) is 28.1 Å². The van der Waals surface area contributed by atoms with Gasteiger partial charge >= 0.3 is 0 Å². The predicted molar refractivity (Wildman–Crippen MR) is 395 cm³/mol. The molecule has 0 bridgehead atoms. The minimum atomic E-state index is -0.345. The molecule has 2 aliphatic rings. The van der Waals surface area contributed by atoms with Crippen molar-refractivity contribution >= 4 is 39.8 Å². The maximum Gasteiger partial charge on any atom is 0.112 e. The van der Waals surface area contributed by atoms with E-state index in [0.29, 0.717) is 0 Å². The van der Waals surface area contributed by atoms with Gasteiger partial charge in [-0.1, -0.05) is 322 Å². The Morgan fingerprint density at radius 1 is 0.341 bits per heavy atom. The Kier molecular flexibility index (Phi) is 22.3. The molecule has 0 N–H and O–H groups in total. The molecule has 11 rings (SSSR count). The number of benzene rings is 8. The minimum absolute atomic E-state index is 0.0106. The Morgan fingerprint density at radius 2 is 0.725 bits per heavy atom. The van der Waals surface area contributed by atoms with Crippen molar-refractivity contribution in [2.75, 3.05) is 4.90 Å². The van der Waals surface area contributed by atoms with Crippen molar-refractivity contribution in [2.45, 2.75) is 251 Å². The van der Waals surface area contributed by atoms with Crippen LogP contribution in [0.15, 0.2) is 164 Å². The number of anilines is 3. The second kappa shape index (κ2) is 30.9. The summed E-state index contributed by atoms with van der Waals surface area (Å²) in [6.07, 6.45) is 36.1. The molecule has 0 spiro atoms. The lowest BCUT2D eigenvalue weighted by molar-refractivity contribution is 0.397. The van der Waals surface area contributed by atoms with Crippen molar-refractivity contribution in [3.63, 3.8) is 0 Å². The van der Waals surface area contributed by atoms with Gasteiger partial charge in [0, 0.05) is 38.9 Å². The summed E-state index contributed by atoms with van der Waals surface area (Å²) in [5, 5.41) is 0. The number of para-hydroxylation sites is 1. The van der Waals surface area contributed by atoms with Crippen LogP contribution in [0, 0.1) is 13.8 Å². The van der Waals surface area contributed by atoms with Crippen LogP contribution in [0.4, 0.5) is 17.1 Å². The molecule has 0 radical (unpaired) electrons. The first-order valence-corrected chi connectivity index (χ1v) is 37.1. The van der Waals surface area contributed by atoms with Crippen molar-refractivity contribution in [2.24, 2.45) is 0 Å². The van der Waals surface area contributed by atoms with E-state index in [2.05, 4.69) is 224 Å². The molecular weight excluding hydrogens is 1120 g/mol. The van der Waals surface area contributed by atoms with Crippen LogP contribution < -0.4 is 4.90 Å². The van der Waals surface area contributed by atoms with Gasteiger partial charge in [0.1, 0.15) is 11.0 Å². The van der Waals surface area contributed by atoms with E-state index >= 15 is 0 Å². The van der Waals surface area contributed by atoms with Gasteiger partial charge in [-0.3, -0.25) is 0 Å². The van der Waals surface area contributed by atoms with Gasteiger partial charge in [-0.05, 0) is 160 Å². The smallest absolute Gasteiger partial charge is 0.112 e. The molecule has 4 heteroatoms. The fraction of sp³-hybridized carbons (Fsp3) is 0.448. The summed E-state index contributed by atoms with van der Waals surface area (Å²) >= 11 is 1.38. The van der Waals surface area contributed by atoms with Gasteiger partial charge in [-0.15, -0.1) is 0 Å². The van der Waals surface area contributed by atoms with Gasteiger partial charge in [0.25, 0.3) is 0 Å². The van der Waals surface area contributed by atoms with E-state index in [9.17, 15) is 0 Å². The highest BCUT2D eigenvalue weighted by molar-refractivity contribution is 7.00. The summed E-state index contributed by atoms with van der Waals surface area (Å²) in [7, 11) is 0. The molecule has 9 aromatic rings. The maximum absolute atomic E-state index is 5.27. The van der Waals surface area contributed by atoms with Gasteiger partial charge < -0.3 is 4.90 Å². The highest BCUT2D eigenvalue weighted by Crippen LogP contribution is 2.58. The third-order valence-corrected chi connectivity index (χ3v) is 22.1. The van der Waals surface area contributed by atoms with E-state index in [-0.39, 0.29) is 16.2 Å². The molecule has 0 saturated carbocycles. The summed E-state index contributed by atoms with van der Waals surface area (Å²) in [4.78, 5) is 2.38. The number of unbranched alkanes of at least 4 members (excludes halogenated alkanes) is 20. The normalized spacial score (nSPS) is 13.6. The number of rotatable bonds is 35. The van der Waals surface area contributed by atoms with Gasteiger partial charge in [-0.2, -0.15) is 8.75 Å². The number of nitrogens with zero attached hydrogens (tertiary/aromatic N) is 3. The lowest BCUT2D eigenvalue weighted by Gasteiger charge is -2.35. The van der Waals surface area contributed by atoms with Gasteiger partial charge in [0.2, 0.25) is 0 Å². The second-order valence-corrected chi connectivity index (χ2v) is 28.9. The van der Waals surface area contributed by atoms with E-state index in [4.69, 9.17) is 8.75 Å². The number of hydrogen-bond acceptors (Lipinski definition) is 4. The van der Waals surface area contributed by atoms with E-state index in [1.807, 2.05) is 0 Å². The Bertz CT molecular complexity index is 3760. The minimum Gasteiger partial charge on any atom is -0.311 e. The Morgan fingerprint density at radius 3 is 1.25 bits per heavy atom. The summed E-state index contributed by atoms with van der Waals surface area (Å²) in [6.45, 7) is 18.7. The standard InChI is InChI=1S/C87H107N3S/c1-9-13-17-21-25-32-56-86(57-33-26-22-18-14-10-2)79-60-65(6)40-50-74(79)76-52-44-68(62-81(76)86)73-54-55-78(84-83(73)88-91-89-84)85(7,8)69-45-53-77-75-51-43-67(66-41-48-72(49-42-66)90(70-36-30-29-31-37-70)71-46-38-64(5)39-47-71)61-80(75)87(82(77)63-69,58-34-27-23-19-15-11-3)59-35-28-24-20-16-12-4/h29-31,36-55,60-63H,9-28,32-35,56-59H2,1-8H3. The fourth-order valence-electron chi connectivity index (χ4n) is 16.3. The Hall–Kier alpha value is -6.62. The largest absolute Gasteiger partial charge is 0.311 e. The third-order valence-electron chi connectivity index (χ3n) is 21.6. The molecule has 91 heavy (non-hydrogen) atoms. The Labute approximate surface area is 554 Å². The molecule has 1 heterocycles. The summed E-state index contributed by atoms with van der Waals surface area (Å²) in [5.74, 6) is 0. The first kappa shape index (κ1) is 65.9. The monoisotopic (exact) mass is 1230 g/mol. The van der Waals surface area contributed by atoms with Gasteiger partial charge in [0.15, 0.2) is 0 Å². The molecule has 8 aromatic carbocycles. The summed E-state index contributed by atoms with van der Waals surface area (Å²) in [5.41, 5.74) is 27.4. The average Bonchev–Trinajstić information content (AvgIpc) is 1.59. The van der Waals surface area contributed by atoms with Crippen LogP contribution in [-0.2, 0) is 16.2 Å². The molecule has 0 amide bonds. The fourth-order valence-corrected chi connectivity index (χ4v) is 16.8. The lowest BCUT2D eigenvalue weighted by Crippen LogP contribution is -2.27. The Balaban J connectivity index is 0.958. The highest BCUT2D eigenvalue weighted by Gasteiger charge is 2.45. The zero-order chi connectivity index (χ0) is 63.2. The molecular formula is C87H107N3S. The highest BCUT2D eigenvalue weighted by atomic mass is 32.1. The van der Waals surface area contributed by atoms with Crippen molar-refractivity contribution < 1.29 is 0 Å². The van der Waals surface area contributed by atoms with Crippen LogP contribution in [0.3, 0.4) is 0 Å². The predicted octanol–water partition coefficient (Wildman–Crippen LogP) is 27.0. The molecule has 3 nitrogen and oxygen atoms in total. The average molecular weight is 1230 g/mol. The van der Waals surface area contributed by atoms with Crippen LogP contribution in [0.2, 0.25) is 0 Å². The summed E-state index contributed by atoms with van der Waals surface area (Å²) in [6, 6.07) is 64.0. The quantitative estimate of drug-likeness (QED) is 0.0371. The molecule has 0 aliphatic heterocycles. The number of hydrogen-bond donors (Lipinski definition) is 0. The number of aromatic nitrogens is 2. The first-order valence-electron chi connectivity index (χ1n) is 36.4. The zero-order valence-electron chi connectivity index (χ0n) is 57.1. The molecule has 1 aromatic heterocycles. The molecule has 0 unspecified atom stereocenters. The van der Waals surface area contributed by atoms with Gasteiger partial charge in [-0.25, -0.2) is 0 Å². The van der Waals surface area contributed by atoms with Crippen LogP contribution in [0.1, 0.15) is 266 Å². The third kappa shape index (κ3) is 14.3. The van der Waals surface area contributed by atoms with Crippen LogP contribution in [0.5, 0.6) is 0 Å². The van der Waals surface area contributed by atoms with Crippen molar-refractivity contribution in [3.05, 3.63) is 208 Å². The van der Waals surface area contributed by atoms with Crippen molar-refractivity contribution in [1.82, 2.24) is 8.75 Å². The maximum atomic E-state index is 5.27.